The van der Waals surface area contributed by atoms with Crippen molar-refractivity contribution >= 4 is 45.5 Å². The molecule has 0 saturated carbocycles. The molecule has 334 valence electrons. The Kier molecular flexibility index (Phi) is 12.6. The predicted octanol–water partition coefficient (Wildman–Crippen LogP) is 6.13. The van der Waals surface area contributed by atoms with Crippen molar-refractivity contribution in [2.75, 3.05) is 51.3 Å². The summed E-state index contributed by atoms with van der Waals surface area (Å²) >= 11 is 0. The number of rotatable bonds is 14. The number of aromatic nitrogens is 6. The number of aryl methyl sites for hydroxylation is 1. The van der Waals surface area contributed by atoms with Gasteiger partial charge in [-0.05, 0) is 68.0 Å². The molecule has 6 heterocycles. The Morgan fingerprint density at radius 1 is 0.906 bits per heavy atom. The number of hydrogen-bond acceptors (Lipinski definition) is 10. The van der Waals surface area contributed by atoms with Crippen LogP contribution in [0.3, 0.4) is 0 Å². The molecule has 6 aromatic rings. The third-order valence-corrected chi connectivity index (χ3v) is 12.9. The van der Waals surface area contributed by atoms with Crippen molar-refractivity contribution in [3.8, 4) is 22.4 Å². The van der Waals surface area contributed by atoms with Crippen molar-refractivity contribution in [3.05, 3.63) is 94.8 Å². The number of unbranched alkanes of at least 4 members (excludes halogenated alkanes) is 3. The molecule has 9 rings (SSSR count). The number of likely N-dealkylation sites (tertiary alicyclic amines) is 1. The number of carbonyl (C=O) groups is 3. The standard InChI is InChI=1S/C47H52F2N10O5/c1-55-45-38(10-7-11-40(45)59(47(55)63)41-13-14-42(60)54-46(41)62)50-17-5-3-2-4-12-43(61)57-18-15-32(16-19-57)58-28-31(26-52-58)39-27-51-37-9-6-8-33(44(37)53-39)30-24-35(48)34(36(49)25-30)29-56-20-22-64-23-21-56/h6-11,24-28,32,41,50H,2-5,12-23,29H2,1H3,(H,54,60,62). The number of fused-ring (bicyclic) bond motifs is 2. The van der Waals surface area contributed by atoms with Crippen LogP contribution < -0.4 is 16.3 Å². The summed E-state index contributed by atoms with van der Waals surface area (Å²) in [5.41, 5.74) is 5.43. The van der Waals surface area contributed by atoms with Crippen LogP contribution in [0.5, 0.6) is 0 Å². The number of nitrogens with zero attached hydrogens (tertiary/aromatic N) is 8. The molecule has 0 radical (unpaired) electrons. The maximum absolute atomic E-state index is 15.4. The summed E-state index contributed by atoms with van der Waals surface area (Å²) in [6.07, 6.45) is 11.5. The average molecular weight is 875 g/mol. The van der Waals surface area contributed by atoms with Crippen molar-refractivity contribution < 1.29 is 27.9 Å². The second-order valence-electron chi connectivity index (χ2n) is 17.0. The minimum absolute atomic E-state index is 0.0454. The monoisotopic (exact) mass is 874 g/mol. The first-order valence-electron chi connectivity index (χ1n) is 22.3. The molecule has 1 unspecified atom stereocenters. The maximum Gasteiger partial charge on any atom is 0.329 e. The highest BCUT2D eigenvalue weighted by molar-refractivity contribution is 6.00. The van der Waals surface area contributed by atoms with E-state index in [-0.39, 0.29) is 48.5 Å². The van der Waals surface area contributed by atoms with Gasteiger partial charge >= 0.3 is 5.69 Å². The zero-order valence-electron chi connectivity index (χ0n) is 35.9. The lowest BCUT2D eigenvalue weighted by Crippen LogP contribution is -2.44. The zero-order chi connectivity index (χ0) is 44.3. The first-order valence-corrected chi connectivity index (χ1v) is 22.3. The lowest BCUT2D eigenvalue weighted by molar-refractivity contribution is -0.136. The quantitative estimate of drug-likeness (QED) is 0.0963. The highest BCUT2D eigenvalue weighted by Gasteiger charge is 2.32. The molecule has 15 nitrogen and oxygen atoms in total. The molecule has 3 aliphatic heterocycles. The van der Waals surface area contributed by atoms with Gasteiger partial charge in [-0.1, -0.05) is 31.0 Å². The predicted molar refractivity (Wildman–Crippen MR) is 237 cm³/mol. The zero-order valence-corrected chi connectivity index (χ0v) is 35.9. The second kappa shape index (κ2) is 18.8. The minimum atomic E-state index is -0.732. The Morgan fingerprint density at radius 3 is 2.45 bits per heavy atom. The van der Waals surface area contributed by atoms with Crippen LogP contribution in [-0.2, 0) is 32.7 Å². The number of imide groups is 1. The molecule has 3 aliphatic rings. The van der Waals surface area contributed by atoms with E-state index >= 15 is 8.78 Å². The van der Waals surface area contributed by atoms with E-state index in [0.29, 0.717) is 91.2 Å². The summed E-state index contributed by atoms with van der Waals surface area (Å²) < 4.78 is 41.2. The third kappa shape index (κ3) is 8.91. The van der Waals surface area contributed by atoms with Gasteiger partial charge in [0.2, 0.25) is 17.7 Å². The van der Waals surface area contributed by atoms with Crippen LogP contribution in [0.15, 0.2) is 71.9 Å². The first-order chi connectivity index (χ1) is 31.1. The van der Waals surface area contributed by atoms with E-state index < -0.39 is 23.6 Å². The number of nitrogens with one attached hydrogen (secondary N) is 2. The van der Waals surface area contributed by atoms with E-state index in [1.165, 1.54) is 16.7 Å². The number of anilines is 1. The number of morpholine rings is 1. The number of halogens is 2. The van der Waals surface area contributed by atoms with Gasteiger partial charge in [0.1, 0.15) is 17.7 Å². The topological polar surface area (TPSA) is 162 Å². The number of hydrogen-bond donors (Lipinski definition) is 2. The van der Waals surface area contributed by atoms with Gasteiger partial charge in [-0.25, -0.2) is 18.6 Å². The minimum Gasteiger partial charge on any atom is -0.383 e. The maximum atomic E-state index is 15.4. The van der Waals surface area contributed by atoms with Crippen LogP contribution in [0, 0.1) is 11.6 Å². The number of ether oxygens (including phenoxy) is 1. The number of benzene rings is 3. The van der Waals surface area contributed by atoms with Gasteiger partial charge in [-0.15, -0.1) is 0 Å². The highest BCUT2D eigenvalue weighted by atomic mass is 19.1. The number of amides is 3. The average Bonchev–Trinajstić information content (AvgIpc) is 3.90. The number of piperidine rings is 2. The summed E-state index contributed by atoms with van der Waals surface area (Å²) in [7, 11) is 1.69. The Hall–Kier alpha value is -6.33. The third-order valence-electron chi connectivity index (χ3n) is 12.9. The summed E-state index contributed by atoms with van der Waals surface area (Å²) in [5, 5.41) is 10.5. The molecule has 3 saturated heterocycles. The van der Waals surface area contributed by atoms with E-state index in [1.807, 2.05) is 51.0 Å². The van der Waals surface area contributed by atoms with E-state index in [1.54, 1.807) is 30.1 Å². The molecule has 1 atom stereocenters. The van der Waals surface area contributed by atoms with Gasteiger partial charge in [0, 0.05) is 82.0 Å². The van der Waals surface area contributed by atoms with Crippen LogP contribution in [0.25, 0.3) is 44.5 Å². The summed E-state index contributed by atoms with van der Waals surface area (Å²) in [5.74, 6) is -1.80. The summed E-state index contributed by atoms with van der Waals surface area (Å²) in [6.45, 7) is 4.53. The molecule has 17 heteroatoms. The van der Waals surface area contributed by atoms with Crippen molar-refractivity contribution in [1.29, 1.82) is 0 Å². The molecule has 3 fully saturated rings. The van der Waals surface area contributed by atoms with Gasteiger partial charge in [0.15, 0.2) is 0 Å². The molecule has 3 aromatic carbocycles. The number of carbonyl (C=O) groups excluding carboxylic acids is 3. The fraction of sp³-hybridized carbons (Fsp3) is 0.426. The Labute approximate surface area is 368 Å². The summed E-state index contributed by atoms with van der Waals surface area (Å²) in [4.78, 5) is 64.2. The second-order valence-corrected chi connectivity index (χ2v) is 17.0. The molecular weight excluding hydrogens is 823 g/mol. The van der Waals surface area contributed by atoms with Gasteiger partial charge in [-0.3, -0.25) is 43.4 Å². The van der Waals surface area contributed by atoms with E-state index in [2.05, 4.69) is 20.7 Å². The Morgan fingerprint density at radius 2 is 1.67 bits per heavy atom. The molecule has 0 bridgehead atoms. The fourth-order valence-electron chi connectivity index (χ4n) is 9.29. The van der Waals surface area contributed by atoms with Crippen LogP contribution >= 0.6 is 0 Å². The number of para-hydroxylation sites is 2. The van der Waals surface area contributed by atoms with Crippen molar-refractivity contribution in [1.82, 2.24) is 44.0 Å². The lowest BCUT2D eigenvalue weighted by atomic mass is 10.0. The SMILES string of the molecule is Cn1c(=O)n(C2CCC(=O)NC2=O)c2cccc(NCCCCCCC(=O)N3CCC(n4cc(-c5cnc6cccc(-c7cc(F)c(CN8CCOCC8)c(F)c7)c6n5)cn4)CC3)c21. The Bertz CT molecular complexity index is 2750. The van der Waals surface area contributed by atoms with Crippen LogP contribution in [-0.4, -0.2) is 102 Å². The largest absolute Gasteiger partial charge is 0.383 e. The van der Waals surface area contributed by atoms with Gasteiger partial charge in [0.05, 0.1) is 65.1 Å². The molecule has 2 N–H and O–H groups in total. The molecule has 3 aromatic heterocycles. The first kappa shape index (κ1) is 42.9. The normalized spacial score (nSPS) is 17.7. The van der Waals surface area contributed by atoms with Crippen LogP contribution in [0.1, 0.15) is 75.4 Å². The van der Waals surface area contributed by atoms with E-state index in [4.69, 9.17) is 9.72 Å². The van der Waals surface area contributed by atoms with Gasteiger partial charge in [0.25, 0.3) is 0 Å². The summed E-state index contributed by atoms with van der Waals surface area (Å²) in [6, 6.07) is 13.2. The lowest BCUT2D eigenvalue weighted by Gasteiger charge is -2.32. The van der Waals surface area contributed by atoms with Crippen molar-refractivity contribution in [3.63, 3.8) is 0 Å². The van der Waals surface area contributed by atoms with E-state index in [9.17, 15) is 19.2 Å². The highest BCUT2D eigenvalue weighted by Crippen LogP contribution is 2.33. The smallest absolute Gasteiger partial charge is 0.329 e. The van der Waals surface area contributed by atoms with Crippen LogP contribution in [0.4, 0.5) is 14.5 Å². The molecule has 0 aliphatic carbocycles. The van der Waals surface area contributed by atoms with Gasteiger partial charge < -0.3 is 15.0 Å². The van der Waals surface area contributed by atoms with Crippen molar-refractivity contribution in [2.24, 2.45) is 7.05 Å². The number of imidazole rings is 1. The van der Waals surface area contributed by atoms with E-state index in [0.717, 1.165) is 49.8 Å². The molecule has 64 heavy (non-hydrogen) atoms. The Balaban J connectivity index is 0.743. The molecule has 0 spiro atoms. The fourth-order valence-corrected chi connectivity index (χ4v) is 9.29. The molecular formula is C47H52F2N10O5. The van der Waals surface area contributed by atoms with Crippen LogP contribution in [0.2, 0.25) is 0 Å². The van der Waals surface area contributed by atoms with Crippen molar-refractivity contribution in [2.45, 2.75) is 76.4 Å². The van der Waals surface area contributed by atoms with Gasteiger partial charge in [-0.2, -0.15) is 5.10 Å². The molecule has 3 amide bonds.